The highest BCUT2D eigenvalue weighted by molar-refractivity contribution is 6.29. The molecule has 0 bridgehead atoms. The molecular weight excluding hydrogens is 140 g/mol. The van der Waals surface area contributed by atoms with Crippen LogP contribution in [0.4, 0.5) is 0 Å². The van der Waals surface area contributed by atoms with Gasteiger partial charge in [0.15, 0.2) is 5.22 Å². The van der Waals surface area contributed by atoms with Gasteiger partial charge in [-0.1, -0.05) is 0 Å². The molecule has 0 aliphatic heterocycles. The van der Waals surface area contributed by atoms with E-state index >= 15 is 0 Å². The van der Waals surface area contributed by atoms with Gasteiger partial charge in [-0.15, -0.1) is 0 Å². The lowest BCUT2D eigenvalue weighted by Crippen LogP contribution is -2.20. The van der Waals surface area contributed by atoms with Crippen LogP contribution < -0.4 is 11.3 Å². The van der Waals surface area contributed by atoms with Crippen LogP contribution in [0, 0.1) is 0 Å². The number of rotatable bonds is 2. The van der Waals surface area contributed by atoms with Gasteiger partial charge >= 0.3 is 0 Å². The van der Waals surface area contributed by atoms with Crippen molar-refractivity contribution >= 4 is 11.6 Å². The van der Waals surface area contributed by atoms with Crippen LogP contribution >= 0.6 is 11.6 Å². The Hall–Kier alpha value is -0.510. The minimum atomic E-state index is 0.396. The number of hydrazine groups is 1. The smallest absolute Gasteiger partial charge is 0.197 e. The van der Waals surface area contributed by atoms with Gasteiger partial charge in [0.2, 0.25) is 0 Å². The fourth-order valence-corrected chi connectivity index (χ4v) is 0.737. The van der Waals surface area contributed by atoms with Crippen LogP contribution in [0.2, 0.25) is 5.22 Å². The summed E-state index contributed by atoms with van der Waals surface area (Å²) in [7, 11) is 0. The average molecular weight is 147 g/mol. The van der Waals surface area contributed by atoms with E-state index in [1.54, 1.807) is 6.07 Å². The maximum Gasteiger partial charge on any atom is 0.197 e. The first kappa shape index (κ1) is 6.61. The molecule has 0 spiro atoms. The Balaban J connectivity index is 2.69. The van der Waals surface area contributed by atoms with E-state index in [4.69, 9.17) is 21.9 Å². The van der Waals surface area contributed by atoms with E-state index in [0.717, 1.165) is 5.56 Å². The predicted molar refractivity (Wildman–Crippen MR) is 34.7 cm³/mol. The molecule has 0 aliphatic carbocycles. The Morgan fingerprint density at radius 2 is 2.56 bits per heavy atom. The van der Waals surface area contributed by atoms with Gasteiger partial charge in [-0.05, 0) is 17.7 Å². The molecule has 3 N–H and O–H groups in total. The monoisotopic (exact) mass is 146 g/mol. The highest BCUT2D eigenvalue weighted by Crippen LogP contribution is 2.15. The van der Waals surface area contributed by atoms with E-state index in [1.165, 1.54) is 6.26 Å². The topological polar surface area (TPSA) is 51.2 Å². The number of hydrogen-bond donors (Lipinski definition) is 2. The van der Waals surface area contributed by atoms with Crippen molar-refractivity contribution in [2.75, 3.05) is 0 Å². The molecule has 9 heavy (non-hydrogen) atoms. The molecule has 0 aliphatic rings. The molecule has 1 rings (SSSR count). The van der Waals surface area contributed by atoms with E-state index in [1.807, 2.05) is 0 Å². The second-order valence-electron chi connectivity index (χ2n) is 1.60. The molecular formula is C5H7ClN2O. The third-order valence-corrected chi connectivity index (χ3v) is 1.32. The lowest BCUT2D eigenvalue weighted by Gasteiger charge is -1.91. The van der Waals surface area contributed by atoms with Crippen molar-refractivity contribution in [2.24, 2.45) is 5.84 Å². The number of nitrogens with two attached hydrogens (primary N) is 1. The minimum absolute atomic E-state index is 0.396. The predicted octanol–water partition coefficient (Wildman–Crippen LogP) is 0.896. The molecule has 1 heterocycles. The lowest BCUT2D eigenvalue weighted by molar-refractivity contribution is 0.563. The van der Waals surface area contributed by atoms with Crippen molar-refractivity contribution in [1.29, 1.82) is 0 Å². The van der Waals surface area contributed by atoms with Crippen molar-refractivity contribution in [2.45, 2.75) is 6.54 Å². The molecule has 50 valence electrons. The van der Waals surface area contributed by atoms with Gasteiger partial charge in [0.05, 0.1) is 6.26 Å². The Kier molecular flexibility index (Phi) is 2.10. The second kappa shape index (κ2) is 2.87. The maximum absolute atomic E-state index is 5.56. The summed E-state index contributed by atoms with van der Waals surface area (Å²) in [6.45, 7) is 0.537. The zero-order valence-electron chi connectivity index (χ0n) is 4.73. The first-order chi connectivity index (χ1) is 4.34. The Bertz CT molecular complexity index is 187. The van der Waals surface area contributed by atoms with Gasteiger partial charge in [0, 0.05) is 12.1 Å². The van der Waals surface area contributed by atoms with E-state index in [9.17, 15) is 0 Å². The van der Waals surface area contributed by atoms with Crippen LogP contribution in [0.15, 0.2) is 16.7 Å². The van der Waals surface area contributed by atoms with Crippen LogP contribution in [0.25, 0.3) is 0 Å². The molecule has 1 aromatic heterocycles. The van der Waals surface area contributed by atoms with Crippen molar-refractivity contribution in [3.63, 3.8) is 0 Å². The molecule has 0 radical (unpaired) electrons. The van der Waals surface area contributed by atoms with Crippen molar-refractivity contribution < 1.29 is 4.42 Å². The average Bonchev–Trinajstić information content (AvgIpc) is 2.18. The Morgan fingerprint density at radius 1 is 1.78 bits per heavy atom. The molecule has 0 atom stereocenters. The standard InChI is InChI=1S/C5H7ClN2O/c6-5-4(3-8-7)1-2-9-5/h1-2,8H,3,7H2. The summed E-state index contributed by atoms with van der Waals surface area (Å²) in [4.78, 5) is 0. The van der Waals surface area contributed by atoms with E-state index < -0.39 is 0 Å². The van der Waals surface area contributed by atoms with Gasteiger partial charge in [0.25, 0.3) is 0 Å². The highest BCUT2D eigenvalue weighted by atomic mass is 35.5. The molecule has 0 saturated heterocycles. The zero-order chi connectivity index (χ0) is 6.69. The quantitative estimate of drug-likeness (QED) is 0.482. The summed E-state index contributed by atoms with van der Waals surface area (Å²) >= 11 is 5.56. The molecule has 0 aromatic carbocycles. The van der Waals surface area contributed by atoms with Crippen LogP contribution in [0.3, 0.4) is 0 Å². The van der Waals surface area contributed by atoms with Crippen molar-refractivity contribution in [3.05, 3.63) is 23.1 Å². The molecule has 0 saturated carbocycles. The third kappa shape index (κ3) is 1.45. The fraction of sp³-hybridized carbons (Fsp3) is 0.200. The van der Waals surface area contributed by atoms with Gasteiger partial charge in [-0.25, -0.2) is 0 Å². The molecule has 0 unspecified atom stereocenters. The molecule has 0 amide bonds. The van der Waals surface area contributed by atoms with Gasteiger partial charge in [-0.3, -0.25) is 11.3 Å². The largest absolute Gasteiger partial charge is 0.453 e. The minimum Gasteiger partial charge on any atom is -0.453 e. The molecule has 4 heteroatoms. The number of hydrogen-bond acceptors (Lipinski definition) is 3. The molecule has 0 fully saturated rings. The van der Waals surface area contributed by atoms with Crippen molar-refractivity contribution in [1.82, 2.24) is 5.43 Å². The SMILES string of the molecule is NNCc1ccoc1Cl. The maximum atomic E-state index is 5.56. The zero-order valence-corrected chi connectivity index (χ0v) is 5.48. The van der Waals surface area contributed by atoms with Gasteiger partial charge in [-0.2, -0.15) is 0 Å². The first-order valence-electron chi connectivity index (χ1n) is 2.50. The first-order valence-corrected chi connectivity index (χ1v) is 2.87. The number of halogens is 1. The van der Waals surface area contributed by atoms with Crippen LogP contribution in [-0.4, -0.2) is 0 Å². The summed E-state index contributed by atoms with van der Waals surface area (Å²) in [5.41, 5.74) is 3.34. The van der Waals surface area contributed by atoms with Crippen LogP contribution in [-0.2, 0) is 6.54 Å². The molecule has 3 nitrogen and oxygen atoms in total. The normalized spacial score (nSPS) is 10.0. The van der Waals surface area contributed by atoms with Gasteiger partial charge in [0.1, 0.15) is 0 Å². The lowest BCUT2D eigenvalue weighted by atomic mass is 10.3. The summed E-state index contributed by atoms with van der Waals surface area (Å²) in [6.07, 6.45) is 1.52. The van der Waals surface area contributed by atoms with Crippen LogP contribution in [0.5, 0.6) is 0 Å². The number of furan rings is 1. The van der Waals surface area contributed by atoms with Gasteiger partial charge < -0.3 is 4.42 Å². The fourth-order valence-electron chi connectivity index (χ4n) is 0.555. The van der Waals surface area contributed by atoms with E-state index in [2.05, 4.69) is 5.43 Å². The highest BCUT2D eigenvalue weighted by Gasteiger charge is 1.99. The van der Waals surface area contributed by atoms with Crippen LogP contribution in [0.1, 0.15) is 5.56 Å². The summed E-state index contributed by atoms with van der Waals surface area (Å²) < 4.78 is 4.79. The Morgan fingerprint density at radius 3 is 3.00 bits per heavy atom. The summed E-state index contributed by atoms with van der Waals surface area (Å²) in [5.74, 6) is 5.04. The summed E-state index contributed by atoms with van der Waals surface area (Å²) in [5, 5.41) is 0.396. The van der Waals surface area contributed by atoms with Crippen molar-refractivity contribution in [3.8, 4) is 0 Å². The molecule has 1 aromatic rings. The van der Waals surface area contributed by atoms with E-state index in [0.29, 0.717) is 11.8 Å². The second-order valence-corrected chi connectivity index (χ2v) is 1.94. The Labute approximate surface area is 57.8 Å². The third-order valence-electron chi connectivity index (χ3n) is 0.986. The summed E-state index contributed by atoms with van der Waals surface area (Å²) in [6, 6.07) is 1.77. The van der Waals surface area contributed by atoms with E-state index in [-0.39, 0.29) is 0 Å². The number of nitrogens with one attached hydrogen (secondary N) is 1.